The highest BCUT2D eigenvalue weighted by Crippen LogP contribution is 2.20. The van der Waals surface area contributed by atoms with Crippen molar-refractivity contribution in [3.05, 3.63) is 38.5 Å². The van der Waals surface area contributed by atoms with Crippen LogP contribution in [0.2, 0.25) is 0 Å². The number of pyridine rings is 1. The summed E-state index contributed by atoms with van der Waals surface area (Å²) in [6.45, 7) is 4.77. The van der Waals surface area contributed by atoms with Crippen LogP contribution in [0.5, 0.6) is 0 Å². The summed E-state index contributed by atoms with van der Waals surface area (Å²) in [6, 6.07) is 1.98. The summed E-state index contributed by atoms with van der Waals surface area (Å²) in [6.07, 6.45) is 1.78. The predicted octanol–water partition coefficient (Wildman–Crippen LogP) is 3.26. The van der Waals surface area contributed by atoms with Gasteiger partial charge in [0.25, 0.3) is 0 Å². The number of aryl methyl sites for hydroxylation is 2. The minimum absolute atomic E-state index is 0.674. The Morgan fingerprint density at radius 2 is 2.15 bits per heavy atom. The second kappa shape index (κ2) is 4.82. The van der Waals surface area contributed by atoms with Crippen LogP contribution >= 0.6 is 28.1 Å². The molecule has 0 unspecified atom stereocenters. The number of rotatable bonds is 2. The van der Waals surface area contributed by atoms with E-state index in [9.17, 15) is 0 Å². The summed E-state index contributed by atoms with van der Waals surface area (Å²) in [5.41, 5.74) is 5.16. The van der Waals surface area contributed by atoms with Crippen molar-refractivity contribution in [2.24, 2.45) is 7.05 Å². The molecule has 0 atom stereocenters. The molecule has 7 heteroatoms. The molecule has 0 spiro atoms. The van der Waals surface area contributed by atoms with E-state index in [1.807, 2.05) is 29.3 Å². The zero-order valence-corrected chi connectivity index (χ0v) is 13.8. The van der Waals surface area contributed by atoms with E-state index in [1.165, 1.54) is 5.56 Å². The first-order chi connectivity index (χ1) is 9.47. The summed E-state index contributed by atoms with van der Waals surface area (Å²) in [5, 5.41) is 4.45. The van der Waals surface area contributed by atoms with E-state index in [2.05, 4.69) is 37.9 Å². The van der Waals surface area contributed by atoms with Crippen LogP contribution in [0.15, 0.2) is 16.7 Å². The number of H-pyrrole nitrogens is 1. The molecular weight excluding hydrogens is 338 g/mol. The Balaban J connectivity index is 2.16. The lowest BCUT2D eigenvalue weighted by Crippen LogP contribution is -2.03. The molecule has 0 radical (unpaired) electrons. The highest BCUT2D eigenvalue weighted by Gasteiger charge is 2.13. The summed E-state index contributed by atoms with van der Waals surface area (Å²) >= 11 is 8.83. The lowest BCUT2D eigenvalue weighted by atomic mass is 10.2. The fourth-order valence-corrected chi connectivity index (χ4v) is 2.96. The van der Waals surface area contributed by atoms with Crippen LogP contribution in [0.1, 0.15) is 17.0 Å². The minimum Gasteiger partial charge on any atom is -0.329 e. The summed E-state index contributed by atoms with van der Waals surface area (Å²) in [5.74, 6) is 0. The van der Waals surface area contributed by atoms with Crippen molar-refractivity contribution in [1.82, 2.24) is 24.3 Å². The molecule has 0 aliphatic rings. The number of halogens is 1. The number of nitrogens with zero attached hydrogens (tertiary/aromatic N) is 4. The largest absolute Gasteiger partial charge is 0.329 e. The first kappa shape index (κ1) is 13.5. The van der Waals surface area contributed by atoms with E-state index in [-0.39, 0.29) is 0 Å². The molecular formula is C13H14BrN5S. The van der Waals surface area contributed by atoms with E-state index in [1.54, 1.807) is 6.20 Å². The molecule has 3 aromatic rings. The molecule has 0 aromatic carbocycles. The Labute approximate surface area is 129 Å². The minimum atomic E-state index is 0.674. The second-order valence-corrected chi connectivity index (χ2v) is 6.12. The van der Waals surface area contributed by atoms with Gasteiger partial charge in [-0.1, -0.05) is 0 Å². The van der Waals surface area contributed by atoms with Gasteiger partial charge in [-0.3, -0.25) is 9.25 Å². The number of hydrogen-bond donors (Lipinski definition) is 1. The van der Waals surface area contributed by atoms with Gasteiger partial charge in [0.2, 0.25) is 0 Å². The van der Waals surface area contributed by atoms with Gasteiger partial charge in [-0.15, -0.1) is 0 Å². The van der Waals surface area contributed by atoms with Gasteiger partial charge < -0.3 is 4.98 Å². The van der Waals surface area contributed by atoms with Gasteiger partial charge in [0.1, 0.15) is 0 Å². The van der Waals surface area contributed by atoms with Gasteiger partial charge >= 0.3 is 0 Å². The highest BCUT2D eigenvalue weighted by molar-refractivity contribution is 9.10. The van der Waals surface area contributed by atoms with Crippen molar-refractivity contribution < 1.29 is 0 Å². The smallest absolute Gasteiger partial charge is 0.179 e. The van der Waals surface area contributed by atoms with E-state index >= 15 is 0 Å². The van der Waals surface area contributed by atoms with Crippen LogP contribution in [-0.2, 0) is 13.6 Å². The third kappa shape index (κ3) is 2.10. The lowest BCUT2D eigenvalue weighted by molar-refractivity contribution is 0.727. The average Bonchev–Trinajstić information content (AvgIpc) is 2.81. The topological polar surface area (TPSA) is 51.4 Å². The van der Waals surface area contributed by atoms with Gasteiger partial charge in [0.05, 0.1) is 17.8 Å². The molecule has 0 fully saturated rings. The van der Waals surface area contributed by atoms with Crippen molar-refractivity contribution in [2.75, 3.05) is 0 Å². The van der Waals surface area contributed by atoms with Crippen LogP contribution in [0.3, 0.4) is 0 Å². The molecule has 1 N–H and O–H groups in total. The zero-order chi connectivity index (χ0) is 14.4. The fourth-order valence-electron chi connectivity index (χ4n) is 2.37. The number of aromatic nitrogens is 5. The zero-order valence-electron chi connectivity index (χ0n) is 11.4. The summed E-state index contributed by atoms with van der Waals surface area (Å²) in [7, 11) is 1.95. The Hall–Kier alpha value is -1.47. The van der Waals surface area contributed by atoms with Crippen molar-refractivity contribution in [3.63, 3.8) is 0 Å². The van der Waals surface area contributed by atoms with Gasteiger partial charge in [0, 0.05) is 29.0 Å². The molecule has 0 bridgehead atoms. The predicted molar refractivity (Wildman–Crippen MR) is 84.4 cm³/mol. The van der Waals surface area contributed by atoms with Gasteiger partial charge in [0.15, 0.2) is 10.4 Å². The van der Waals surface area contributed by atoms with Crippen LogP contribution < -0.4 is 0 Å². The maximum absolute atomic E-state index is 5.41. The second-order valence-electron chi connectivity index (χ2n) is 4.81. The quantitative estimate of drug-likeness (QED) is 0.721. The molecule has 3 rings (SSSR count). The molecule has 20 heavy (non-hydrogen) atoms. The Morgan fingerprint density at radius 1 is 1.40 bits per heavy atom. The van der Waals surface area contributed by atoms with Crippen LogP contribution in [0.4, 0.5) is 0 Å². The first-order valence-corrected chi connectivity index (χ1v) is 7.40. The standard InChI is InChI=1S/C13H14BrN5S/c1-7-10(8(2)18(3)17-7)6-19-12-11(16-13(19)20)4-9(14)5-15-12/h4-5H,6H2,1-3H3,(H,16,20). The first-order valence-electron chi connectivity index (χ1n) is 6.20. The van der Waals surface area contributed by atoms with Gasteiger partial charge in [-0.25, -0.2) is 4.98 Å². The number of imidazole rings is 1. The molecule has 0 aliphatic carbocycles. The molecule has 3 heterocycles. The monoisotopic (exact) mass is 351 g/mol. The lowest BCUT2D eigenvalue weighted by Gasteiger charge is -2.05. The van der Waals surface area contributed by atoms with Crippen LogP contribution in [-0.4, -0.2) is 24.3 Å². The summed E-state index contributed by atoms with van der Waals surface area (Å²) in [4.78, 5) is 7.65. The SMILES string of the molecule is Cc1nn(C)c(C)c1Cn1c(=S)[nH]c2cc(Br)cnc21. The molecule has 3 aromatic heterocycles. The third-order valence-corrected chi connectivity index (χ3v) is 4.31. The van der Waals surface area contributed by atoms with E-state index in [0.29, 0.717) is 11.3 Å². The van der Waals surface area contributed by atoms with E-state index in [4.69, 9.17) is 12.2 Å². The Morgan fingerprint density at radius 3 is 2.80 bits per heavy atom. The van der Waals surface area contributed by atoms with Crippen LogP contribution in [0, 0.1) is 18.6 Å². The number of hydrogen-bond acceptors (Lipinski definition) is 3. The van der Waals surface area contributed by atoms with Gasteiger partial charge in [-0.05, 0) is 48.1 Å². The normalized spacial score (nSPS) is 11.4. The van der Waals surface area contributed by atoms with Crippen molar-refractivity contribution in [3.8, 4) is 0 Å². The van der Waals surface area contributed by atoms with Crippen molar-refractivity contribution >= 4 is 39.3 Å². The highest BCUT2D eigenvalue weighted by atomic mass is 79.9. The average molecular weight is 352 g/mol. The maximum Gasteiger partial charge on any atom is 0.179 e. The van der Waals surface area contributed by atoms with Gasteiger partial charge in [-0.2, -0.15) is 5.10 Å². The number of fused-ring (bicyclic) bond motifs is 1. The molecule has 5 nitrogen and oxygen atoms in total. The van der Waals surface area contributed by atoms with Crippen molar-refractivity contribution in [2.45, 2.75) is 20.4 Å². The fraction of sp³-hybridized carbons (Fsp3) is 0.308. The Kier molecular flexibility index (Phi) is 3.25. The molecule has 0 saturated carbocycles. The molecule has 104 valence electrons. The van der Waals surface area contributed by atoms with Crippen molar-refractivity contribution in [1.29, 1.82) is 0 Å². The van der Waals surface area contributed by atoms with Crippen LogP contribution in [0.25, 0.3) is 11.2 Å². The number of nitrogens with one attached hydrogen (secondary N) is 1. The maximum atomic E-state index is 5.41. The summed E-state index contributed by atoms with van der Waals surface area (Å²) < 4.78 is 5.51. The molecule has 0 amide bonds. The molecule has 0 saturated heterocycles. The Bertz CT molecular complexity index is 858. The van der Waals surface area contributed by atoms with E-state index in [0.717, 1.165) is 27.0 Å². The van der Waals surface area contributed by atoms with E-state index < -0.39 is 0 Å². The third-order valence-electron chi connectivity index (χ3n) is 3.55. The number of aromatic amines is 1. The molecule has 0 aliphatic heterocycles.